The molecule has 8 nitrogen and oxygen atoms in total. The number of aromatic nitrogens is 2. The maximum atomic E-state index is 5.05. The van der Waals surface area contributed by atoms with E-state index in [-0.39, 0.29) is 17.1 Å². The summed E-state index contributed by atoms with van der Waals surface area (Å²) in [7, 11) is 1.87. The van der Waals surface area contributed by atoms with Crippen LogP contribution < -0.4 is 10.9 Å². The first kappa shape index (κ1) is 22.4. The van der Waals surface area contributed by atoms with E-state index in [1.54, 1.807) is 13.3 Å². The van der Waals surface area contributed by atoms with Gasteiger partial charge in [0, 0.05) is 26.3 Å². The molecule has 1 aromatic heterocycles. The van der Waals surface area contributed by atoms with Crippen molar-refractivity contribution in [3.63, 3.8) is 0 Å². The van der Waals surface area contributed by atoms with Gasteiger partial charge in [0.1, 0.15) is 11.4 Å². The predicted octanol–water partition coefficient (Wildman–Crippen LogP) is 0.522. The summed E-state index contributed by atoms with van der Waals surface area (Å²) in [6.45, 7) is 6.76. The van der Waals surface area contributed by atoms with Gasteiger partial charge in [-0.15, -0.1) is 0 Å². The van der Waals surface area contributed by atoms with Crippen molar-refractivity contribution in [1.82, 2.24) is 20.4 Å². The minimum Gasteiger partial charge on any atom is -0.741 e. The molecule has 0 spiro atoms. The van der Waals surface area contributed by atoms with Crippen LogP contribution in [-0.4, -0.2) is 44.4 Å². The summed E-state index contributed by atoms with van der Waals surface area (Å²) in [4.78, 5) is 12.4. The molecule has 0 bridgehead atoms. The van der Waals surface area contributed by atoms with Crippen molar-refractivity contribution in [2.45, 2.75) is 20.8 Å². The molecule has 11 heteroatoms. The van der Waals surface area contributed by atoms with Gasteiger partial charge in [-0.2, -0.15) is 10.2 Å². The zero-order valence-electron chi connectivity index (χ0n) is 13.9. The zero-order chi connectivity index (χ0) is 17.2. The van der Waals surface area contributed by atoms with Crippen LogP contribution in [0, 0.1) is 0 Å². The first-order chi connectivity index (χ1) is 11.0. The summed E-state index contributed by atoms with van der Waals surface area (Å²) in [5.41, 5.74) is 7.20. The van der Waals surface area contributed by atoms with E-state index in [0.29, 0.717) is 40.5 Å². The summed E-state index contributed by atoms with van der Waals surface area (Å²) >= 11 is 10.1. The summed E-state index contributed by atoms with van der Waals surface area (Å²) in [5, 5.41) is 9.07. The van der Waals surface area contributed by atoms with Crippen molar-refractivity contribution in [3.05, 3.63) is 18.2 Å². The number of aliphatic imine (C=N–C) groups is 2. The molecule has 1 heterocycles. The van der Waals surface area contributed by atoms with Gasteiger partial charge < -0.3 is 29.8 Å². The van der Waals surface area contributed by atoms with E-state index in [0.717, 1.165) is 0 Å². The maximum Gasteiger partial charge on any atom is 2.00 e. The van der Waals surface area contributed by atoms with Crippen molar-refractivity contribution in [2.75, 3.05) is 13.1 Å². The van der Waals surface area contributed by atoms with Gasteiger partial charge in [-0.1, -0.05) is 0 Å². The average Bonchev–Trinajstić information content (AvgIpc) is 2.92. The molecule has 1 rings (SSSR count). The summed E-state index contributed by atoms with van der Waals surface area (Å²) in [6.07, 6.45) is 3.51. The van der Waals surface area contributed by atoms with Crippen LogP contribution in [0.1, 0.15) is 26.5 Å². The number of imidazole rings is 1. The van der Waals surface area contributed by atoms with E-state index in [1.165, 1.54) is 0 Å². The summed E-state index contributed by atoms with van der Waals surface area (Å²) in [6, 6.07) is 0. The molecule has 0 aliphatic rings. The fraction of sp³-hybridized carbons (Fsp3) is 0.462. The molecule has 0 saturated carbocycles. The van der Waals surface area contributed by atoms with Crippen LogP contribution in [0.3, 0.4) is 0 Å². The third kappa shape index (κ3) is 7.82. The quantitative estimate of drug-likeness (QED) is 0.232. The van der Waals surface area contributed by atoms with Crippen molar-refractivity contribution in [1.29, 1.82) is 0 Å². The largest absolute Gasteiger partial charge is 2.00 e. The molecular formula is C13H20CuN8S2. The van der Waals surface area contributed by atoms with Crippen LogP contribution in [0.2, 0.25) is 0 Å². The standard InChI is InChI=1S/C13H22N8S2.Cu/c1-5-14-12(22)19-17-9(3)11(10-7-21(4)8-16-10)18-20-13(23)15-6-2;/h7-8H,5-6H2,1-4H3,(H2,14,19,22)(H2,15,20,23);/q;+2/p-2/b17-9+,18-11-;. The molecule has 2 N–H and O–H groups in total. The molecule has 1 aromatic rings. The Morgan fingerprint density at radius 2 is 1.67 bits per heavy atom. The zero-order valence-corrected chi connectivity index (χ0v) is 16.4. The molecule has 24 heavy (non-hydrogen) atoms. The number of nitrogens with zero attached hydrogens (tertiary/aromatic N) is 6. The minimum absolute atomic E-state index is 0. The fourth-order valence-electron chi connectivity index (χ4n) is 1.50. The average molecular weight is 416 g/mol. The van der Waals surface area contributed by atoms with Gasteiger partial charge in [0.15, 0.2) is 0 Å². The summed E-state index contributed by atoms with van der Waals surface area (Å²) in [5.74, 6) is 0. The normalized spacial score (nSPS) is 13.5. The third-order valence-corrected chi connectivity index (χ3v) is 2.92. The van der Waals surface area contributed by atoms with E-state index >= 15 is 0 Å². The Kier molecular flexibility index (Phi) is 11.1. The molecule has 0 unspecified atom stereocenters. The van der Waals surface area contributed by atoms with E-state index in [1.807, 2.05) is 31.7 Å². The number of hydrogen-bond acceptors (Lipinski definition) is 7. The van der Waals surface area contributed by atoms with E-state index in [2.05, 4.69) is 36.0 Å². The Hall–Kier alpha value is -1.55. The van der Waals surface area contributed by atoms with E-state index in [4.69, 9.17) is 25.3 Å². The SMILES string of the molecule is CCN=C([S-])N/N=C(C)/C(=N/NC([S-])=NCC)c1cn(C)cn1.[Cu+2]. The first-order valence-electron chi connectivity index (χ1n) is 7.03. The topological polar surface area (TPSA) is 91.3 Å². The molecule has 0 aliphatic carbocycles. The molecule has 0 saturated heterocycles. The van der Waals surface area contributed by atoms with Crippen LogP contribution in [0.4, 0.5) is 0 Å². The van der Waals surface area contributed by atoms with Crippen LogP contribution in [0.15, 0.2) is 32.7 Å². The van der Waals surface area contributed by atoms with Crippen molar-refractivity contribution < 1.29 is 17.1 Å². The number of aryl methyl sites for hydroxylation is 1. The van der Waals surface area contributed by atoms with Gasteiger partial charge in [-0.3, -0.25) is 20.8 Å². The second kappa shape index (κ2) is 11.9. The van der Waals surface area contributed by atoms with Crippen LogP contribution in [0.5, 0.6) is 0 Å². The predicted molar refractivity (Wildman–Crippen MR) is 99.8 cm³/mol. The van der Waals surface area contributed by atoms with E-state index in [9.17, 15) is 0 Å². The molecule has 0 aromatic carbocycles. The third-order valence-electron chi connectivity index (χ3n) is 2.48. The molecule has 0 atom stereocenters. The molecule has 135 valence electrons. The molecular weight excluding hydrogens is 396 g/mol. The van der Waals surface area contributed by atoms with Crippen molar-refractivity contribution >= 4 is 47.0 Å². The number of hydrogen-bond donors (Lipinski definition) is 2. The summed E-state index contributed by atoms with van der Waals surface area (Å²) < 4.78 is 1.82. The van der Waals surface area contributed by atoms with Crippen molar-refractivity contribution in [2.24, 2.45) is 27.2 Å². The Bertz CT molecular complexity index is 636. The molecule has 0 amide bonds. The van der Waals surface area contributed by atoms with E-state index < -0.39 is 0 Å². The minimum atomic E-state index is 0. The second-order valence-corrected chi connectivity index (χ2v) is 5.14. The Balaban J connectivity index is 0.00000529. The van der Waals surface area contributed by atoms with Gasteiger partial charge in [0.05, 0.1) is 12.0 Å². The monoisotopic (exact) mass is 415 g/mol. The Labute approximate surface area is 163 Å². The van der Waals surface area contributed by atoms with Gasteiger partial charge in [-0.25, -0.2) is 4.98 Å². The van der Waals surface area contributed by atoms with Crippen LogP contribution >= 0.6 is 0 Å². The molecule has 1 radical (unpaired) electrons. The smallest absolute Gasteiger partial charge is 0.741 e. The second-order valence-electron chi connectivity index (χ2n) is 4.36. The Morgan fingerprint density at radius 3 is 2.12 bits per heavy atom. The van der Waals surface area contributed by atoms with Gasteiger partial charge in [0.25, 0.3) is 0 Å². The number of hydrazone groups is 2. The number of rotatable bonds is 6. The number of nitrogens with one attached hydrogen (secondary N) is 2. The fourth-order valence-corrected chi connectivity index (χ4v) is 1.85. The van der Waals surface area contributed by atoms with Gasteiger partial charge >= 0.3 is 17.1 Å². The first-order valence-corrected chi connectivity index (χ1v) is 7.85. The Morgan fingerprint density at radius 1 is 1.12 bits per heavy atom. The van der Waals surface area contributed by atoms with Gasteiger partial charge in [0.2, 0.25) is 0 Å². The van der Waals surface area contributed by atoms with Gasteiger partial charge in [-0.05, 0) is 31.1 Å². The number of amidine groups is 2. The molecule has 0 aliphatic heterocycles. The molecule has 0 fully saturated rings. The van der Waals surface area contributed by atoms with Crippen LogP contribution in [-0.2, 0) is 49.4 Å². The van der Waals surface area contributed by atoms with Crippen molar-refractivity contribution in [3.8, 4) is 0 Å². The maximum absolute atomic E-state index is 5.05. The van der Waals surface area contributed by atoms with Crippen LogP contribution in [0.25, 0.3) is 0 Å².